The number of phosphoric acid groups is 1. The third-order valence-corrected chi connectivity index (χ3v) is 9.31. The second-order valence-corrected chi connectivity index (χ2v) is 14.7. The molecule has 0 radical (unpaired) electrons. The summed E-state index contributed by atoms with van der Waals surface area (Å²) in [6, 6.07) is 0. The number of hydrogen-bond acceptors (Lipinski definition) is 8. The average Bonchev–Trinajstić information content (AvgIpc) is 3.11. The lowest BCUT2D eigenvalue weighted by molar-refractivity contribution is -0.157. The fraction of sp³-hybridized carbons (Fsp3) is 0.756. The fourth-order valence-electron chi connectivity index (χ4n) is 5.30. The van der Waals surface area contributed by atoms with Crippen LogP contribution in [0.1, 0.15) is 168 Å². The zero-order valence-corrected chi connectivity index (χ0v) is 33.2. The van der Waals surface area contributed by atoms with Gasteiger partial charge in [0.15, 0.2) is 6.10 Å². The van der Waals surface area contributed by atoms with E-state index < -0.39 is 32.5 Å². The molecule has 0 saturated heterocycles. The summed E-state index contributed by atoms with van der Waals surface area (Å²) in [6.07, 6.45) is 42.0. The Morgan fingerprint density at radius 1 is 0.627 bits per heavy atom. The molecule has 0 bridgehead atoms. The van der Waals surface area contributed by atoms with Crippen LogP contribution in [0.2, 0.25) is 0 Å². The number of carbonyl (C=O) groups is 2. The minimum absolute atomic E-state index is 0.0372. The summed E-state index contributed by atoms with van der Waals surface area (Å²) in [4.78, 5) is 34.6. The van der Waals surface area contributed by atoms with Gasteiger partial charge in [0.05, 0.1) is 13.2 Å². The van der Waals surface area contributed by atoms with Crippen LogP contribution in [0.5, 0.6) is 0 Å². The van der Waals surface area contributed by atoms with Gasteiger partial charge in [0.1, 0.15) is 6.61 Å². The molecule has 0 fully saturated rings. The minimum Gasteiger partial charge on any atom is -0.462 e. The van der Waals surface area contributed by atoms with Crippen LogP contribution in [0.4, 0.5) is 0 Å². The molecular weight excluding hydrogens is 665 g/mol. The van der Waals surface area contributed by atoms with E-state index in [1.165, 1.54) is 96.0 Å². The molecule has 0 aromatic heterocycles. The quantitative estimate of drug-likeness (QED) is 0.0210. The molecule has 3 N–H and O–H groups in total. The van der Waals surface area contributed by atoms with Gasteiger partial charge >= 0.3 is 19.8 Å². The molecule has 0 amide bonds. The van der Waals surface area contributed by atoms with Crippen molar-refractivity contribution < 1.29 is 37.6 Å². The van der Waals surface area contributed by atoms with Gasteiger partial charge in [-0.25, -0.2) is 9.36 Å². The van der Waals surface area contributed by atoms with Crippen LogP contribution in [0.25, 0.3) is 0 Å². The Labute approximate surface area is 311 Å². The van der Waals surface area contributed by atoms with Crippen molar-refractivity contribution in [1.82, 2.24) is 0 Å². The molecule has 0 saturated carbocycles. The molecular formula is C41H74NO8P. The summed E-state index contributed by atoms with van der Waals surface area (Å²) in [5, 5.41) is 0. The van der Waals surface area contributed by atoms with E-state index in [0.29, 0.717) is 6.42 Å². The van der Waals surface area contributed by atoms with E-state index in [-0.39, 0.29) is 26.2 Å². The lowest BCUT2D eigenvalue weighted by atomic mass is 10.1. The number of allylic oxidation sites excluding steroid dienone is 7. The first-order valence-corrected chi connectivity index (χ1v) is 21.7. The van der Waals surface area contributed by atoms with Crippen LogP contribution in [0, 0.1) is 0 Å². The van der Waals surface area contributed by atoms with Gasteiger partial charge in [-0.1, -0.05) is 159 Å². The molecule has 0 aliphatic rings. The molecule has 2 atom stereocenters. The van der Waals surface area contributed by atoms with Crippen molar-refractivity contribution >= 4 is 19.8 Å². The van der Waals surface area contributed by atoms with Gasteiger partial charge in [-0.05, 0) is 44.9 Å². The lowest BCUT2D eigenvalue weighted by Crippen LogP contribution is -2.29. The highest BCUT2D eigenvalue weighted by Crippen LogP contribution is 2.43. The number of hydrogen-bond donors (Lipinski definition) is 2. The maximum Gasteiger partial charge on any atom is 0.472 e. The van der Waals surface area contributed by atoms with Crippen LogP contribution < -0.4 is 5.73 Å². The Morgan fingerprint density at radius 2 is 1.08 bits per heavy atom. The molecule has 0 spiro atoms. The second-order valence-electron chi connectivity index (χ2n) is 13.3. The maximum absolute atomic E-state index is 12.4. The van der Waals surface area contributed by atoms with E-state index in [2.05, 4.69) is 38.2 Å². The molecule has 10 heteroatoms. The average molecular weight is 740 g/mol. The molecule has 0 aromatic rings. The predicted molar refractivity (Wildman–Crippen MR) is 210 cm³/mol. The fourth-order valence-corrected chi connectivity index (χ4v) is 6.06. The Hall–Kier alpha value is -2.03. The van der Waals surface area contributed by atoms with Gasteiger partial charge in [-0.2, -0.15) is 0 Å². The number of rotatable bonds is 37. The number of ether oxygens (including phenoxy) is 2. The third kappa shape index (κ3) is 37.5. The molecule has 0 rings (SSSR count). The summed E-state index contributed by atoms with van der Waals surface area (Å²) in [7, 11) is -4.40. The standard InChI is InChI=1S/C41H74NO8P/c1-3-5-7-9-11-13-15-17-19-21-23-25-27-29-31-33-40(43)47-37-39(38-49-51(45,46)48-36-35-42)50-41(44)34-32-30-28-26-24-22-20-18-16-14-12-10-8-6-4-2/h13,15,17,19,28,30,32,34,39H,3-12,14,16,18,20-27,29,31,33,35-38,42H2,1-2H3,(H,45,46)/b15-13+,19-17+,30-28+,34-32+/t39-/m1/s1. The zero-order valence-electron chi connectivity index (χ0n) is 32.3. The van der Waals surface area contributed by atoms with Gasteiger partial charge in [-0.15, -0.1) is 0 Å². The summed E-state index contributed by atoms with van der Waals surface area (Å²) in [6.45, 7) is 3.56. The Balaban J connectivity index is 4.34. The van der Waals surface area contributed by atoms with Crippen molar-refractivity contribution in [3.05, 3.63) is 48.6 Å². The SMILES string of the molecule is CCCCCC/C=C/C=C/CCCCCCCC(=O)OC[C@H](COP(=O)(O)OCCN)OC(=O)/C=C/C=C/CCCCCCCCCCCCC. The molecule has 51 heavy (non-hydrogen) atoms. The molecule has 1 unspecified atom stereocenters. The first-order valence-electron chi connectivity index (χ1n) is 20.2. The highest BCUT2D eigenvalue weighted by Gasteiger charge is 2.25. The zero-order chi connectivity index (χ0) is 37.5. The normalized spacial score (nSPS) is 13.9. The monoisotopic (exact) mass is 740 g/mol. The van der Waals surface area contributed by atoms with Crippen molar-refractivity contribution in [2.45, 2.75) is 174 Å². The molecule has 0 heterocycles. The van der Waals surface area contributed by atoms with Crippen LogP contribution in [0.15, 0.2) is 48.6 Å². The first-order chi connectivity index (χ1) is 24.8. The van der Waals surface area contributed by atoms with Crippen molar-refractivity contribution in [3.8, 4) is 0 Å². The van der Waals surface area contributed by atoms with E-state index >= 15 is 0 Å². The van der Waals surface area contributed by atoms with Crippen LogP contribution >= 0.6 is 7.82 Å². The first kappa shape index (κ1) is 49.0. The van der Waals surface area contributed by atoms with Crippen LogP contribution in [-0.4, -0.2) is 49.3 Å². The highest BCUT2D eigenvalue weighted by atomic mass is 31.2. The lowest BCUT2D eigenvalue weighted by Gasteiger charge is -2.19. The van der Waals surface area contributed by atoms with Crippen LogP contribution in [0.3, 0.4) is 0 Å². The predicted octanol–water partition coefficient (Wildman–Crippen LogP) is 11.2. The number of unbranched alkanes of at least 4 members (excludes halogenated alkanes) is 20. The summed E-state index contributed by atoms with van der Waals surface area (Å²) < 4.78 is 32.5. The molecule has 0 aliphatic carbocycles. The van der Waals surface area contributed by atoms with Crippen molar-refractivity contribution in [2.75, 3.05) is 26.4 Å². The minimum atomic E-state index is -4.40. The smallest absolute Gasteiger partial charge is 0.462 e. The van der Waals surface area contributed by atoms with Gasteiger partial charge in [-0.3, -0.25) is 13.8 Å². The van der Waals surface area contributed by atoms with Crippen molar-refractivity contribution in [3.63, 3.8) is 0 Å². The molecule has 296 valence electrons. The Morgan fingerprint density at radius 3 is 1.59 bits per heavy atom. The van der Waals surface area contributed by atoms with Gasteiger partial charge in [0.2, 0.25) is 0 Å². The van der Waals surface area contributed by atoms with Gasteiger partial charge < -0.3 is 20.1 Å². The molecule has 0 aliphatic heterocycles. The number of nitrogens with two attached hydrogens (primary N) is 1. The summed E-state index contributed by atoms with van der Waals surface area (Å²) in [5.41, 5.74) is 5.33. The Kier molecular flexibility index (Phi) is 36.2. The molecule has 9 nitrogen and oxygen atoms in total. The van der Waals surface area contributed by atoms with Gasteiger partial charge in [0.25, 0.3) is 0 Å². The Bertz CT molecular complexity index is 981. The van der Waals surface area contributed by atoms with Crippen molar-refractivity contribution in [2.24, 2.45) is 5.73 Å². The third-order valence-electron chi connectivity index (χ3n) is 8.32. The summed E-state index contributed by atoms with van der Waals surface area (Å²) in [5.74, 6) is -1.10. The molecule has 0 aromatic carbocycles. The number of esters is 2. The van der Waals surface area contributed by atoms with E-state index in [9.17, 15) is 19.0 Å². The van der Waals surface area contributed by atoms with E-state index in [4.69, 9.17) is 24.3 Å². The maximum atomic E-state index is 12.4. The van der Waals surface area contributed by atoms with Gasteiger partial charge in [0, 0.05) is 19.0 Å². The second kappa shape index (κ2) is 37.7. The number of carbonyl (C=O) groups excluding carboxylic acids is 2. The van der Waals surface area contributed by atoms with Crippen molar-refractivity contribution in [1.29, 1.82) is 0 Å². The largest absolute Gasteiger partial charge is 0.472 e. The van der Waals surface area contributed by atoms with Crippen LogP contribution in [-0.2, 0) is 32.7 Å². The van der Waals surface area contributed by atoms with E-state index in [1.54, 1.807) is 12.2 Å². The summed E-state index contributed by atoms with van der Waals surface area (Å²) >= 11 is 0. The van der Waals surface area contributed by atoms with E-state index in [1.807, 2.05) is 6.08 Å². The topological polar surface area (TPSA) is 134 Å². The van der Waals surface area contributed by atoms with E-state index in [0.717, 1.165) is 51.4 Å². The number of phosphoric ester groups is 1. The highest BCUT2D eigenvalue weighted by molar-refractivity contribution is 7.47.